The van der Waals surface area contributed by atoms with Crippen molar-refractivity contribution >= 4 is 27.7 Å². The molecule has 0 aliphatic heterocycles. The van der Waals surface area contributed by atoms with Crippen LogP contribution in [0.4, 0.5) is 4.79 Å². The molecule has 0 aliphatic rings. The maximum absolute atomic E-state index is 11.7. The highest BCUT2D eigenvalue weighted by Crippen LogP contribution is 2.30. The topological polar surface area (TPSA) is 50.7 Å². The number of ether oxygens (including phenoxy) is 1. The summed E-state index contributed by atoms with van der Waals surface area (Å²) in [4.78, 5) is 11.7. The lowest BCUT2D eigenvalue weighted by Gasteiger charge is -2.08. The number of rotatable bonds is 3. The first kappa shape index (κ1) is 15.3. The number of carbonyl (C=O) groups excluding carboxylic acids is 1. The number of hydrogen-bond acceptors (Lipinski definition) is 3. The molecule has 2 aromatic rings. The molecule has 0 atom stereocenters. The van der Waals surface area contributed by atoms with Crippen molar-refractivity contribution in [2.75, 3.05) is 0 Å². The van der Waals surface area contributed by atoms with E-state index < -0.39 is 6.09 Å². The van der Waals surface area contributed by atoms with E-state index in [-0.39, 0.29) is 0 Å². The van der Waals surface area contributed by atoms with E-state index in [1.807, 2.05) is 48.5 Å². The first-order chi connectivity index (χ1) is 10.1. The molecule has 0 aliphatic carbocycles. The zero-order valence-corrected chi connectivity index (χ0v) is 13.3. The van der Waals surface area contributed by atoms with Crippen LogP contribution < -0.4 is 10.2 Å². The SMILES string of the molecule is CC(C)=NNC(=O)Oc1cc(-c2ccccc2)ccc1Br. The molecule has 2 aromatic carbocycles. The van der Waals surface area contributed by atoms with Crippen molar-refractivity contribution in [1.82, 2.24) is 5.43 Å². The normalized spacial score (nSPS) is 9.86. The van der Waals surface area contributed by atoms with Crippen molar-refractivity contribution in [3.63, 3.8) is 0 Å². The Morgan fingerprint density at radius 3 is 2.48 bits per heavy atom. The molecule has 0 spiro atoms. The Balaban J connectivity index is 2.20. The summed E-state index contributed by atoms with van der Waals surface area (Å²) in [6.07, 6.45) is -0.623. The Bertz CT molecular complexity index is 665. The Hall–Kier alpha value is -2.14. The molecule has 21 heavy (non-hydrogen) atoms. The maximum atomic E-state index is 11.7. The van der Waals surface area contributed by atoms with Gasteiger partial charge < -0.3 is 4.74 Å². The lowest BCUT2D eigenvalue weighted by atomic mass is 10.1. The van der Waals surface area contributed by atoms with Gasteiger partial charge in [0.1, 0.15) is 5.75 Å². The summed E-state index contributed by atoms with van der Waals surface area (Å²) in [5.41, 5.74) is 5.09. The standard InChI is InChI=1S/C16H15BrN2O2/c1-11(2)18-19-16(20)21-15-10-13(8-9-14(15)17)12-6-4-3-5-7-12/h3-10H,1-2H3,(H,19,20). The number of benzene rings is 2. The van der Waals surface area contributed by atoms with Crippen LogP contribution in [0.2, 0.25) is 0 Å². The predicted molar refractivity (Wildman–Crippen MR) is 87.5 cm³/mol. The summed E-state index contributed by atoms with van der Waals surface area (Å²) in [5.74, 6) is 0.442. The van der Waals surface area contributed by atoms with Gasteiger partial charge in [0.2, 0.25) is 0 Å². The number of nitrogens with one attached hydrogen (secondary N) is 1. The number of nitrogens with zero attached hydrogens (tertiary/aromatic N) is 1. The van der Waals surface area contributed by atoms with E-state index in [4.69, 9.17) is 4.74 Å². The minimum Gasteiger partial charge on any atom is -0.408 e. The second-order valence-electron chi connectivity index (χ2n) is 4.57. The molecule has 0 unspecified atom stereocenters. The summed E-state index contributed by atoms with van der Waals surface area (Å²) < 4.78 is 5.96. The fourth-order valence-electron chi connectivity index (χ4n) is 1.67. The Kier molecular flexibility index (Phi) is 5.11. The van der Waals surface area contributed by atoms with Crippen molar-refractivity contribution in [1.29, 1.82) is 0 Å². The van der Waals surface area contributed by atoms with E-state index in [0.717, 1.165) is 16.8 Å². The van der Waals surface area contributed by atoms with Gasteiger partial charge >= 0.3 is 6.09 Å². The van der Waals surface area contributed by atoms with Crippen LogP contribution >= 0.6 is 15.9 Å². The Morgan fingerprint density at radius 1 is 1.10 bits per heavy atom. The summed E-state index contributed by atoms with van der Waals surface area (Å²) in [6.45, 7) is 3.57. The number of hydrogen-bond donors (Lipinski definition) is 1. The van der Waals surface area contributed by atoms with Gasteiger partial charge in [0.05, 0.1) is 4.47 Å². The van der Waals surface area contributed by atoms with Crippen LogP contribution in [0.25, 0.3) is 11.1 Å². The highest BCUT2D eigenvalue weighted by molar-refractivity contribution is 9.10. The molecular weight excluding hydrogens is 332 g/mol. The summed E-state index contributed by atoms with van der Waals surface area (Å²) in [6, 6.07) is 15.5. The van der Waals surface area contributed by atoms with Gasteiger partial charge in [0, 0.05) is 5.71 Å². The van der Waals surface area contributed by atoms with Crippen LogP contribution in [0.5, 0.6) is 5.75 Å². The van der Waals surface area contributed by atoms with Gasteiger partial charge in [-0.2, -0.15) is 5.10 Å². The van der Waals surface area contributed by atoms with E-state index in [2.05, 4.69) is 26.5 Å². The Morgan fingerprint density at radius 2 is 1.81 bits per heavy atom. The minimum absolute atomic E-state index is 0.442. The fraction of sp³-hybridized carbons (Fsp3) is 0.125. The molecule has 2 rings (SSSR count). The van der Waals surface area contributed by atoms with Gasteiger partial charge in [-0.05, 0) is 53.0 Å². The summed E-state index contributed by atoms with van der Waals surface area (Å²) >= 11 is 3.37. The monoisotopic (exact) mass is 346 g/mol. The van der Waals surface area contributed by atoms with E-state index >= 15 is 0 Å². The van der Waals surface area contributed by atoms with E-state index in [0.29, 0.717) is 10.2 Å². The van der Waals surface area contributed by atoms with Gasteiger partial charge in [0.15, 0.2) is 0 Å². The van der Waals surface area contributed by atoms with Crippen molar-refractivity contribution < 1.29 is 9.53 Å². The van der Waals surface area contributed by atoms with Crippen LogP contribution in [-0.4, -0.2) is 11.8 Å². The molecule has 0 saturated heterocycles. The first-order valence-electron chi connectivity index (χ1n) is 6.40. The summed E-state index contributed by atoms with van der Waals surface area (Å²) in [7, 11) is 0. The summed E-state index contributed by atoms with van der Waals surface area (Å²) in [5, 5.41) is 3.81. The van der Waals surface area contributed by atoms with Gasteiger partial charge in [-0.1, -0.05) is 36.4 Å². The van der Waals surface area contributed by atoms with E-state index in [9.17, 15) is 4.79 Å². The quantitative estimate of drug-likeness (QED) is 0.652. The maximum Gasteiger partial charge on any atom is 0.433 e. The molecular formula is C16H15BrN2O2. The highest BCUT2D eigenvalue weighted by atomic mass is 79.9. The van der Waals surface area contributed by atoms with Crippen LogP contribution in [0, 0.1) is 0 Å². The third kappa shape index (κ3) is 4.43. The predicted octanol–water partition coefficient (Wildman–Crippen LogP) is 4.60. The van der Waals surface area contributed by atoms with Crippen LogP contribution in [0.15, 0.2) is 58.1 Å². The molecule has 5 heteroatoms. The molecule has 108 valence electrons. The number of hydrazone groups is 1. The third-order valence-corrected chi connectivity index (χ3v) is 3.27. The zero-order valence-electron chi connectivity index (χ0n) is 11.8. The third-order valence-electron chi connectivity index (χ3n) is 2.61. The number of halogens is 1. The van der Waals surface area contributed by atoms with E-state index in [1.54, 1.807) is 13.8 Å². The van der Waals surface area contributed by atoms with Gasteiger partial charge in [-0.15, -0.1) is 0 Å². The number of carbonyl (C=O) groups is 1. The molecule has 0 fully saturated rings. The lowest BCUT2D eigenvalue weighted by Crippen LogP contribution is -2.22. The molecule has 1 amide bonds. The van der Waals surface area contributed by atoms with Crippen LogP contribution in [0.3, 0.4) is 0 Å². The molecule has 0 heterocycles. The van der Waals surface area contributed by atoms with Crippen LogP contribution in [-0.2, 0) is 0 Å². The second-order valence-corrected chi connectivity index (χ2v) is 5.43. The van der Waals surface area contributed by atoms with Crippen molar-refractivity contribution in [3.8, 4) is 16.9 Å². The van der Waals surface area contributed by atoms with Gasteiger partial charge in [-0.3, -0.25) is 0 Å². The zero-order chi connectivity index (χ0) is 15.2. The number of amides is 1. The second kappa shape index (κ2) is 7.04. The first-order valence-corrected chi connectivity index (χ1v) is 7.19. The average Bonchev–Trinajstić information content (AvgIpc) is 2.48. The lowest BCUT2D eigenvalue weighted by molar-refractivity contribution is 0.200. The molecule has 0 aromatic heterocycles. The Labute approximate surface area is 132 Å². The van der Waals surface area contributed by atoms with Crippen LogP contribution in [0.1, 0.15) is 13.8 Å². The van der Waals surface area contributed by atoms with Crippen molar-refractivity contribution in [2.45, 2.75) is 13.8 Å². The minimum atomic E-state index is -0.623. The molecule has 0 bridgehead atoms. The molecule has 0 radical (unpaired) electrons. The van der Waals surface area contributed by atoms with Crippen molar-refractivity contribution in [2.24, 2.45) is 5.10 Å². The molecule has 4 nitrogen and oxygen atoms in total. The smallest absolute Gasteiger partial charge is 0.408 e. The van der Waals surface area contributed by atoms with Gasteiger partial charge in [0.25, 0.3) is 0 Å². The molecule has 1 N–H and O–H groups in total. The average molecular weight is 347 g/mol. The highest BCUT2D eigenvalue weighted by Gasteiger charge is 2.09. The largest absolute Gasteiger partial charge is 0.433 e. The molecule has 0 saturated carbocycles. The fourth-order valence-corrected chi connectivity index (χ4v) is 2.00. The van der Waals surface area contributed by atoms with E-state index in [1.165, 1.54) is 0 Å². The van der Waals surface area contributed by atoms with Crippen molar-refractivity contribution in [3.05, 3.63) is 53.0 Å². The van der Waals surface area contributed by atoms with Gasteiger partial charge in [-0.25, -0.2) is 10.2 Å².